The number of hydrogen-bond donors (Lipinski definition) is 1. The first-order chi connectivity index (χ1) is 17.1. The molecular formula is C25H27FN6O3S. The minimum Gasteiger partial charge on any atom is -0.458 e. The molecule has 4 aromatic rings. The summed E-state index contributed by atoms with van der Waals surface area (Å²) in [6, 6.07) is 12.3. The molecule has 0 saturated heterocycles. The molecule has 2 amide bonds. The molecule has 1 aromatic carbocycles. The number of halogens is 1. The number of thiophene rings is 1. The van der Waals surface area contributed by atoms with Crippen LogP contribution in [0.3, 0.4) is 0 Å². The van der Waals surface area contributed by atoms with Gasteiger partial charge in [-0.25, -0.2) is 4.39 Å². The van der Waals surface area contributed by atoms with E-state index in [1.54, 1.807) is 49.4 Å². The standard InChI is InChI=1S/C25H27FN6O3S/c1-16-11-12-19(35-16)23-28-30-32(29-23)15-21(33)31(14-17-8-5-6-9-18(17)26)22(20-10-7-13-36-20)24(34)27-25(2,3)4/h5-13,22H,14-15H2,1-4H3,(H,27,34)/t22-/m0/s1. The zero-order valence-electron chi connectivity index (χ0n) is 20.4. The molecule has 0 aliphatic carbocycles. The number of carbonyl (C=O) groups is 2. The van der Waals surface area contributed by atoms with Gasteiger partial charge in [-0.15, -0.1) is 21.5 Å². The Hall–Kier alpha value is -3.86. The van der Waals surface area contributed by atoms with E-state index < -0.39 is 23.3 Å². The van der Waals surface area contributed by atoms with E-state index in [4.69, 9.17) is 4.42 Å². The highest BCUT2D eigenvalue weighted by atomic mass is 32.1. The molecule has 1 N–H and O–H groups in total. The van der Waals surface area contributed by atoms with Gasteiger partial charge in [-0.2, -0.15) is 4.80 Å². The van der Waals surface area contributed by atoms with E-state index in [1.165, 1.54) is 22.3 Å². The number of tetrazole rings is 1. The zero-order chi connectivity index (χ0) is 25.9. The van der Waals surface area contributed by atoms with Crippen LogP contribution in [0, 0.1) is 12.7 Å². The first-order valence-electron chi connectivity index (χ1n) is 11.3. The molecule has 0 unspecified atom stereocenters. The quantitative estimate of drug-likeness (QED) is 0.382. The molecule has 3 heterocycles. The largest absolute Gasteiger partial charge is 0.458 e. The molecule has 9 nitrogen and oxygen atoms in total. The van der Waals surface area contributed by atoms with Crippen molar-refractivity contribution in [1.29, 1.82) is 0 Å². The van der Waals surface area contributed by atoms with Crippen LogP contribution in [-0.4, -0.2) is 42.5 Å². The molecule has 0 bridgehead atoms. The van der Waals surface area contributed by atoms with Gasteiger partial charge in [-0.05, 0) is 62.6 Å². The van der Waals surface area contributed by atoms with Crippen molar-refractivity contribution < 1.29 is 18.4 Å². The van der Waals surface area contributed by atoms with Crippen LogP contribution in [0.2, 0.25) is 0 Å². The Morgan fingerprint density at radius 1 is 1.17 bits per heavy atom. The fourth-order valence-electron chi connectivity index (χ4n) is 3.62. The minimum absolute atomic E-state index is 0.120. The summed E-state index contributed by atoms with van der Waals surface area (Å²) in [5.74, 6) is 0.0449. The third-order valence-corrected chi connectivity index (χ3v) is 6.10. The minimum atomic E-state index is -0.980. The number of aromatic nitrogens is 4. The van der Waals surface area contributed by atoms with Crippen molar-refractivity contribution in [3.05, 3.63) is 75.9 Å². The average molecular weight is 511 g/mol. The normalized spacial score (nSPS) is 12.4. The summed E-state index contributed by atoms with van der Waals surface area (Å²) in [5.41, 5.74) is -0.252. The van der Waals surface area contributed by atoms with Gasteiger partial charge in [0.15, 0.2) is 5.76 Å². The lowest BCUT2D eigenvalue weighted by Gasteiger charge is -2.33. The van der Waals surface area contributed by atoms with Gasteiger partial charge >= 0.3 is 0 Å². The van der Waals surface area contributed by atoms with E-state index in [2.05, 4.69) is 20.7 Å². The molecule has 4 rings (SSSR count). The maximum Gasteiger partial charge on any atom is 0.248 e. The van der Waals surface area contributed by atoms with E-state index in [0.29, 0.717) is 16.4 Å². The van der Waals surface area contributed by atoms with Gasteiger partial charge in [0.1, 0.15) is 24.2 Å². The van der Waals surface area contributed by atoms with Crippen LogP contribution in [0.4, 0.5) is 4.39 Å². The summed E-state index contributed by atoms with van der Waals surface area (Å²) < 4.78 is 20.2. The first kappa shape index (κ1) is 25.2. The second-order valence-electron chi connectivity index (χ2n) is 9.32. The summed E-state index contributed by atoms with van der Waals surface area (Å²) in [6.45, 7) is 6.95. The average Bonchev–Trinajstić information content (AvgIpc) is 3.56. The molecular weight excluding hydrogens is 483 g/mol. The first-order valence-corrected chi connectivity index (χ1v) is 12.2. The topological polar surface area (TPSA) is 106 Å². The van der Waals surface area contributed by atoms with Crippen molar-refractivity contribution in [1.82, 2.24) is 30.4 Å². The SMILES string of the molecule is Cc1ccc(-c2nnn(CC(=O)N(Cc3ccccc3F)[C@H](C(=O)NC(C)(C)C)c3cccs3)n2)o1. The van der Waals surface area contributed by atoms with E-state index in [1.807, 2.05) is 26.2 Å². The van der Waals surface area contributed by atoms with Crippen LogP contribution in [0.15, 0.2) is 58.3 Å². The highest BCUT2D eigenvalue weighted by molar-refractivity contribution is 7.10. The number of rotatable bonds is 8. The molecule has 0 saturated carbocycles. The Bertz CT molecular complexity index is 1340. The Kier molecular flexibility index (Phi) is 7.30. The van der Waals surface area contributed by atoms with Crippen LogP contribution in [0.5, 0.6) is 0 Å². The van der Waals surface area contributed by atoms with Gasteiger partial charge in [0, 0.05) is 22.5 Å². The van der Waals surface area contributed by atoms with E-state index >= 15 is 0 Å². The highest BCUT2D eigenvalue weighted by Gasteiger charge is 2.35. The Morgan fingerprint density at radius 3 is 2.58 bits per heavy atom. The number of nitrogens with zero attached hydrogens (tertiary/aromatic N) is 5. The van der Waals surface area contributed by atoms with Crippen LogP contribution < -0.4 is 5.32 Å². The van der Waals surface area contributed by atoms with Gasteiger partial charge < -0.3 is 14.6 Å². The highest BCUT2D eigenvalue weighted by Crippen LogP contribution is 2.29. The summed E-state index contributed by atoms with van der Waals surface area (Å²) in [6.07, 6.45) is 0. The van der Waals surface area contributed by atoms with Crippen molar-refractivity contribution in [3.63, 3.8) is 0 Å². The van der Waals surface area contributed by atoms with Crippen molar-refractivity contribution >= 4 is 23.2 Å². The molecule has 0 spiro atoms. The second kappa shape index (κ2) is 10.4. The number of amides is 2. The smallest absolute Gasteiger partial charge is 0.248 e. The van der Waals surface area contributed by atoms with E-state index in [0.717, 1.165) is 4.80 Å². The molecule has 3 aromatic heterocycles. The number of furan rings is 1. The molecule has 1 atom stereocenters. The van der Waals surface area contributed by atoms with Gasteiger partial charge in [-0.1, -0.05) is 24.3 Å². The Labute approximate surface area is 211 Å². The van der Waals surface area contributed by atoms with E-state index in [9.17, 15) is 14.0 Å². The third-order valence-electron chi connectivity index (χ3n) is 5.18. The number of benzene rings is 1. The molecule has 0 radical (unpaired) electrons. The summed E-state index contributed by atoms with van der Waals surface area (Å²) in [5, 5.41) is 17.0. The van der Waals surface area contributed by atoms with Crippen LogP contribution in [0.25, 0.3) is 11.6 Å². The maximum absolute atomic E-state index is 14.6. The van der Waals surface area contributed by atoms with Crippen molar-refractivity contribution in [2.24, 2.45) is 0 Å². The van der Waals surface area contributed by atoms with Crippen LogP contribution in [0.1, 0.15) is 43.0 Å². The number of nitrogens with one attached hydrogen (secondary N) is 1. The summed E-state index contributed by atoms with van der Waals surface area (Å²) in [4.78, 5) is 30.3. The van der Waals surface area contributed by atoms with Crippen molar-refractivity contribution in [2.45, 2.75) is 52.4 Å². The van der Waals surface area contributed by atoms with Gasteiger partial charge in [0.2, 0.25) is 17.6 Å². The third kappa shape index (κ3) is 6.03. The number of carbonyl (C=O) groups excluding carboxylic acids is 2. The van der Waals surface area contributed by atoms with Crippen molar-refractivity contribution in [3.8, 4) is 11.6 Å². The lowest BCUT2D eigenvalue weighted by molar-refractivity contribution is -0.143. The lowest BCUT2D eigenvalue weighted by atomic mass is 10.1. The predicted octanol–water partition coefficient (Wildman–Crippen LogP) is 4.13. The second-order valence-corrected chi connectivity index (χ2v) is 10.3. The zero-order valence-corrected chi connectivity index (χ0v) is 21.3. The molecule has 0 aliphatic heterocycles. The number of aryl methyl sites for hydroxylation is 1. The van der Waals surface area contributed by atoms with E-state index in [-0.39, 0.29) is 30.4 Å². The Morgan fingerprint density at radius 2 is 1.94 bits per heavy atom. The van der Waals surface area contributed by atoms with Gasteiger partial charge in [-0.3, -0.25) is 9.59 Å². The van der Waals surface area contributed by atoms with Crippen molar-refractivity contribution in [2.75, 3.05) is 0 Å². The molecule has 188 valence electrons. The lowest BCUT2D eigenvalue weighted by Crippen LogP contribution is -2.49. The summed E-state index contributed by atoms with van der Waals surface area (Å²) in [7, 11) is 0. The predicted molar refractivity (Wildman–Crippen MR) is 132 cm³/mol. The molecule has 0 fully saturated rings. The fraction of sp³-hybridized carbons (Fsp3) is 0.320. The van der Waals surface area contributed by atoms with Gasteiger partial charge in [0.25, 0.3) is 0 Å². The fourth-order valence-corrected chi connectivity index (χ4v) is 4.45. The van der Waals surface area contributed by atoms with Crippen LogP contribution >= 0.6 is 11.3 Å². The monoisotopic (exact) mass is 510 g/mol. The molecule has 0 aliphatic rings. The van der Waals surface area contributed by atoms with Crippen LogP contribution in [-0.2, 0) is 22.7 Å². The van der Waals surface area contributed by atoms with Gasteiger partial charge in [0.05, 0.1) is 0 Å². The summed E-state index contributed by atoms with van der Waals surface area (Å²) >= 11 is 1.34. The number of hydrogen-bond acceptors (Lipinski definition) is 7. The maximum atomic E-state index is 14.6. The molecule has 36 heavy (non-hydrogen) atoms. The molecule has 11 heteroatoms. The Balaban J connectivity index is 1.67.